The van der Waals surface area contributed by atoms with Crippen LogP contribution in [0.25, 0.3) is 0 Å². The molecular weight excluding hydrogens is 232 g/mol. The fourth-order valence-corrected chi connectivity index (χ4v) is 1.73. The van der Waals surface area contributed by atoms with Crippen LogP contribution in [0.1, 0.15) is 17.2 Å². The van der Waals surface area contributed by atoms with E-state index in [-0.39, 0.29) is 6.61 Å². The SMILES string of the molecule is Cc1cnc(C(C#N)CO)c(Br)c1. The van der Waals surface area contributed by atoms with Crippen LogP contribution in [-0.2, 0) is 0 Å². The molecule has 1 N–H and O–H groups in total. The Hall–Kier alpha value is -0.920. The number of hydrogen-bond acceptors (Lipinski definition) is 3. The maximum absolute atomic E-state index is 8.89. The summed E-state index contributed by atoms with van der Waals surface area (Å²) in [6.07, 6.45) is 1.68. The molecule has 13 heavy (non-hydrogen) atoms. The van der Waals surface area contributed by atoms with Crippen molar-refractivity contribution in [2.75, 3.05) is 6.61 Å². The first-order chi connectivity index (χ1) is 6.19. The zero-order chi connectivity index (χ0) is 9.84. The van der Waals surface area contributed by atoms with Gasteiger partial charge in [-0.05, 0) is 34.5 Å². The molecule has 0 amide bonds. The molecule has 0 saturated heterocycles. The average molecular weight is 241 g/mol. The van der Waals surface area contributed by atoms with Crippen molar-refractivity contribution in [2.45, 2.75) is 12.8 Å². The van der Waals surface area contributed by atoms with Crippen molar-refractivity contribution in [3.63, 3.8) is 0 Å². The molecular formula is C9H9BrN2O. The zero-order valence-electron chi connectivity index (χ0n) is 7.16. The highest BCUT2D eigenvalue weighted by molar-refractivity contribution is 9.10. The normalized spacial score (nSPS) is 12.2. The third kappa shape index (κ3) is 2.27. The molecule has 0 saturated carbocycles. The van der Waals surface area contributed by atoms with Crippen LogP contribution in [0, 0.1) is 18.3 Å². The Kier molecular flexibility index (Phi) is 3.40. The minimum Gasteiger partial charge on any atom is -0.395 e. The van der Waals surface area contributed by atoms with E-state index < -0.39 is 5.92 Å². The van der Waals surface area contributed by atoms with E-state index in [1.165, 1.54) is 0 Å². The summed E-state index contributed by atoms with van der Waals surface area (Å²) >= 11 is 3.30. The van der Waals surface area contributed by atoms with Crippen LogP contribution in [-0.4, -0.2) is 16.7 Å². The Morgan fingerprint density at radius 3 is 2.92 bits per heavy atom. The first kappa shape index (κ1) is 10.2. The van der Waals surface area contributed by atoms with Crippen molar-refractivity contribution in [1.82, 2.24) is 4.98 Å². The molecule has 1 aromatic rings. The van der Waals surface area contributed by atoms with Gasteiger partial charge in [-0.25, -0.2) is 0 Å². The minimum absolute atomic E-state index is 0.203. The lowest BCUT2D eigenvalue weighted by Gasteiger charge is -2.07. The van der Waals surface area contributed by atoms with E-state index in [1.807, 2.05) is 19.1 Å². The van der Waals surface area contributed by atoms with Crippen LogP contribution in [0.15, 0.2) is 16.7 Å². The lowest BCUT2D eigenvalue weighted by atomic mass is 10.1. The van der Waals surface area contributed by atoms with Crippen molar-refractivity contribution in [1.29, 1.82) is 5.26 Å². The Bertz CT molecular complexity index is 346. The number of aryl methyl sites for hydroxylation is 1. The number of halogens is 1. The second-order valence-electron chi connectivity index (χ2n) is 2.74. The minimum atomic E-state index is -0.546. The van der Waals surface area contributed by atoms with E-state index in [9.17, 15) is 0 Å². The van der Waals surface area contributed by atoms with Gasteiger partial charge in [-0.15, -0.1) is 0 Å². The molecule has 1 heterocycles. The van der Waals surface area contributed by atoms with Gasteiger partial charge >= 0.3 is 0 Å². The Morgan fingerprint density at radius 1 is 1.77 bits per heavy atom. The Labute approximate surface area is 85.2 Å². The molecule has 4 heteroatoms. The molecule has 0 aromatic carbocycles. The largest absolute Gasteiger partial charge is 0.395 e. The van der Waals surface area contributed by atoms with Crippen LogP contribution < -0.4 is 0 Å². The third-order valence-electron chi connectivity index (χ3n) is 1.67. The van der Waals surface area contributed by atoms with Crippen LogP contribution in [0.2, 0.25) is 0 Å². The maximum Gasteiger partial charge on any atom is 0.113 e. The molecule has 0 aliphatic carbocycles. The van der Waals surface area contributed by atoms with Crippen LogP contribution >= 0.6 is 15.9 Å². The van der Waals surface area contributed by atoms with Gasteiger partial charge in [0.15, 0.2) is 0 Å². The highest BCUT2D eigenvalue weighted by atomic mass is 79.9. The fourth-order valence-electron chi connectivity index (χ4n) is 0.989. The van der Waals surface area contributed by atoms with Crippen molar-refractivity contribution in [3.05, 3.63) is 28.0 Å². The highest BCUT2D eigenvalue weighted by Crippen LogP contribution is 2.22. The van der Waals surface area contributed by atoms with E-state index >= 15 is 0 Å². The number of hydrogen-bond donors (Lipinski definition) is 1. The second-order valence-corrected chi connectivity index (χ2v) is 3.60. The van der Waals surface area contributed by atoms with E-state index in [0.29, 0.717) is 5.69 Å². The quantitative estimate of drug-likeness (QED) is 0.858. The van der Waals surface area contributed by atoms with Crippen molar-refractivity contribution < 1.29 is 5.11 Å². The van der Waals surface area contributed by atoms with Gasteiger partial charge in [0.2, 0.25) is 0 Å². The lowest BCUT2D eigenvalue weighted by molar-refractivity contribution is 0.284. The van der Waals surface area contributed by atoms with Gasteiger partial charge in [0.1, 0.15) is 5.92 Å². The monoisotopic (exact) mass is 240 g/mol. The number of pyridine rings is 1. The summed E-state index contributed by atoms with van der Waals surface area (Å²) in [5.74, 6) is -0.546. The summed E-state index contributed by atoms with van der Waals surface area (Å²) in [4.78, 5) is 4.09. The number of nitriles is 1. The van der Waals surface area contributed by atoms with Crippen LogP contribution in [0.3, 0.4) is 0 Å². The molecule has 1 aromatic heterocycles. The summed E-state index contributed by atoms with van der Waals surface area (Å²) in [7, 11) is 0. The number of aromatic nitrogens is 1. The molecule has 0 spiro atoms. The van der Waals surface area contributed by atoms with E-state index in [1.54, 1.807) is 6.20 Å². The van der Waals surface area contributed by atoms with Crippen molar-refractivity contribution in [3.8, 4) is 6.07 Å². The smallest absolute Gasteiger partial charge is 0.113 e. The number of aliphatic hydroxyl groups is 1. The van der Waals surface area contributed by atoms with Crippen LogP contribution in [0.5, 0.6) is 0 Å². The number of rotatable bonds is 2. The predicted molar refractivity (Wildman–Crippen MR) is 52.1 cm³/mol. The third-order valence-corrected chi connectivity index (χ3v) is 2.31. The van der Waals surface area contributed by atoms with E-state index in [0.717, 1.165) is 10.0 Å². The highest BCUT2D eigenvalue weighted by Gasteiger charge is 2.13. The average Bonchev–Trinajstić information content (AvgIpc) is 2.10. The first-order valence-corrected chi connectivity index (χ1v) is 4.61. The lowest BCUT2D eigenvalue weighted by Crippen LogP contribution is -2.04. The molecule has 1 rings (SSSR count). The predicted octanol–water partition coefficient (Wildman–Crippen LogP) is 1.75. The second kappa shape index (κ2) is 4.35. The van der Waals surface area contributed by atoms with Gasteiger partial charge in [0.25, 0.3) is 0 Å². The van der Waals surface area contributed by atoms with Gasteiger partial charge in [-0.1, -0.05) is 0 Å². The zero-order valence-corrected chi connectivity index (χ0v) is 8.74. The van der Waals surface area contributed by atoms with Gasteiger partial charge in [0, 0.05) is 10.7 Å². The molecule has 68 valence electrons. The van der Waals surface area contributed by atoms with Gasteiger partial charge in [-0.2, -0.15) is 5.26 Å². The number of aliphatic hydroxyl groups excluding tert-OH is 1. The molecule has 0 bridgehead atoms. The van der Waals surface area contributed by atoms with Gasteiger partial charge in [0.05, 0.1) is 18.4 Å². The van der Waals surface area contributed by atoms with E-state index in [4.69, 9.17) is 10.4 Å². The Balaban J connectivity index is 3.09. The van der Waals surface area contributed by atoms with E-state index in [2.05, 4.69) is 20.9 Å². The first-order valence-electron chi connectivity index (χ1n) is 3.81. The summed E-state index contributed by atoms with van der Waals surface area (Å²) < 4.78 is 0.771. The molecule has 0 aliphatic heterocycles. The number of nitrogens with zero attached hydrogens (tertiary/aromatic N) is 2. The summed E-state index contributed by atoms with van der Waals surface area (Å²) in [5, 5.41) is 17.6. The standard InChI is InChI=1S/C9H9BrN2O/c1-6-2-8(10)9(12-4-6)7(3-11)5-13/h2,4,7,13H,5H2,1H3. The van der Waals surface area contributed by atoms with Gasteiger partial charge < -0.3 is 5.11 Å². The Morgan fingerprint density at radius 2 is 2.46 bits per heavy atom. The molecule has 1 unspecified atom stereocenters. The molecule has 0 aliphatic rings. The van der Waals surface area contributed by atoms with Crippen molar-refractivity contribution >= 4 is 15.9 Å². The molecule has 0 fully saturated rings. The summed E-state index contributed by atoms with van der Waals surface area (Å²) in [6.45, 7) is 1.72. The molecule has 1 atom stereocenters. The van der Waals surface area contributed by atoms with Crippen molar-refractivity contribution in [2.24, 2.45) is 0 Å². The summed E-state index contributed by atoms with van der Waals surface area (Å²) in [6, 6.07) is 3.86. The topological polar surface area (TPSA) is 56.9 Å². The summed E-state index contributed by atoms with van der Waals surface area (Å²) in [5.41, 5.74) is 1.61. The molecule has 0 radical (unpaired) electrons. The van der Waals surface area contributed by atoms with Gasteiger partial charge in [-0.3, -0.25) is 4.98 Å². The fraction of sp³-hybridized carbons (Fsp3) is 0.333. The molecule has 3 nitrogen and oxygen atoms in total. The maximum atomic E-state index is 8.89. The van der Waals surface area contributed by atoms with Crippen LogP contribution in [0.4, 0.5) is 0 Å².